The van der Waals surface area contributed by atoms with Crippen LogP contribution in [0.25, 0.3) is 5.82 Å². The summed E-state index contributed by atoms with van der Waals surface area (Å²) in [5.74, 6) is 0.712. The van der Waals surface area contributed by atoms with Crippen molar-refractivity contribution in [1.29, 1.82) is 0 Å². The van der Waals surface area contributed by atoms with Crippen molar-refractivity contribution in [2.75, 3.05) is 0 Å². The molecule has 0 saturated carbocycles. The summed E-state index contributed by atoms with van der Waals surface area (Å²) in [5.41, 5.74) is 1.31. The van der Waals surface area contributed by atoms with Gasteiger partial charge >= 0.3 is 0 Å². The van der Waals surface area contributed by atoms with Crippen molar-refractivity contribution in [3.63, 3.8) is 0 Å². The van der Waals surface area contributed by atoms with Gasteiger partial charge in [-0.3, -0.25) is 4.79 Å². The molecule has 0 N–H and O–H groups in total. The average Bonchev–Trinajstić information content (AvgIpc) is 2.61. The maximum atomic E-state index is 10.6. The molecular formula is C10H9N3O. The predicted molar refractivity (Wildman–Crippen MR) is 51.5 cm³/mol. The first kappa shape index (κ1) is 8.62. The molecule has 0 aliphatic carbocycles. The van der Waals surface area contributed by atoms with E-state index < -0.39 is 0 Å². The van der Waals surface area contributed by atoms with E-state index in [0.29, 0.717) is 11.5 Å². The van der Waals surface area contributed by atoms with Crippen molar-refractivity contribution in [3.05, 3.63) is 41.9 Å². The van der Waals surface area contributed by atoms with Crippen LogP contribution in [0.5, 0.6) is 0 Å². The predicted octanol–water partition coefficient (Wildman–Crippen LogP) is 1.39. The number of aromatic nitrogens is 3. The smallest absolute Gasteiger partial charge is 0.170 e. The number of nitrogens with zero attached hydrogens (tertiary/aromatic N) is 3. The first-order chi connectivity index (χ1) is 6.81. The highest BCUT2D eigenvalue weighted by molar-refractivity contribution is 5.73. The monoisotopic (exact) mass is 187 g/mol. The summed E-state index contributed by atoms with van der Waals surface area (Å²) in [4.78, 5) is 14.7. The van der Waals surface area contributed by atoms with Gasteiger partial charge in [-0.25, -0.2) is 9.67 Å². The molecule has 0 saturated heterocycles. The van der Waals surface area contributed by atoms with Crippen molar-refractivity contribution in [2.45, 2.75) is 6.92 Å². The molecule has 14 heavy (non-hydrogen) atoms. The van der Waals surface area contributed by atoms with Crippen molar-refractivity contribution in [2.24, 2.45) is 0 Å². The lowest BCUT2D eigenvalue weighted by atomic mass is 10.3. The van der Waals surface area contributed by atoms with Gasteiger partial charge in [-0.05, 0) is 24.6 Å². The maximum absolute atomic E-state index is 10.6. The van der Waals surface area contributed by atoms with Gasteiger partial charge in [0.2, 0.25) is 0 Å². The van der Waals surface area contributed by atoms with Gasteiger partial charge in [-0.15, -0.1) is 0 Å². The number of pyridine rings is 1. The minimum absolute atomic E-state index is 0.454. The number of carbonyl (C=O) groups excluding carboxylic acids is 1. The summed E-state index contributed by atoms with van der Waals surface area (Å²) in [6.45, 7) is 1.84. The molecule has 2 heterocycles. The van der Waals surface area contributed by atoms with Gasteiger partial charge in [-0.1, -0.05) is 6.07 Å². The fourth-order valence-electron chi connectivity index (χ4n) is 1.20. The molecule has 0 amide bonds. The van der Waals surface area contributed by atoms with E-state index >= 15 is 0 Å². The summed E-state index contributed by atoms with van der Waals surface area (Å²) in [6, 6.07) is 5.54. The van der Waals surface area contributed by atoms with Crippen LogP contribution in [0.3, 0.4) is 0 Å². The van der Waals surface area contributed by atoms with Crippen molar-refractivity contribution >= 4 is 6.29 Å². The zero-order valence-corrected chi connectivity index (χ0v) is 7.71. The van der Waals surface area contributed by atoms with Gasteiger partial charge in [-0.2, -0.15) is 5.10 Å². The van der Waals surface area contributed by atoms with Gasteiger partial charge < -0.3 is 0 Å². The minimum Gasteiger partial charge on any atom is -0.296 e. The van der Waals surface area contributed by atoms with Crippen LogP contribution in [-0.4, -0.2) is 21.1 Å². The molecular weight excluding hydrogens is 178 g/mol. The van der Waals surface area contributed by atoms with Gasteiger partial charge in [0, 0.05) is 12.4 Å². The molecule has 0 bridgehead atoms. The Morgan fingerprint density at radius 1 is 1.43 bits per heavy atom. The van der Waals surface area contributed by atoms with E-state index in [-0.39, 0.29) is 0 Å². The quantitative estimate of drug-likeness (QED) is 0.667. The number of aldehydes is 1. The van der Waals surface area contributed by atoms with Crippen molar-refractivity contribution in [1.82, 2.24) is 14.8 Å². The van der Waals surface area contributed by atoms with Crippen LogP contribution in [0.1, 0.15) is 16.1 Å². The first-order valence-corrected chi connectivity index (χ1v) is 4.24. The average molecular weight is 187 g/mol. The molecule has 0 fully saturated rings. The van der Waals surface area contributed by atoms with E-state index in [9.17, 15) is 4.79 Å². The fourth-order valence-corrected chi connectivity index (χ4v) is 1.20. The summed E-state index contributed by atoms with van der Waals surface area (Å²) < 4.78 is 1.60. The normalized spacial score (nSPS) is 10.1. The summed E-state index contributed by atoms with van der Waals surface area (Å²) in [7, 11) is 0. The molecule has 2 aromatic heterocycles. The lowest BCUT2D eigenvalue weighted by molar-refractivity contribution is 0.111. The van der Waals surface area contributed by atoms with E-state index in [1.807, 2.05) is 25.1 Å². The Morgan fingerprint density at radius 3 is 2.86 bits per heavy atom. The molecule has 0 spiro atoms. The Labute approximate surface area is 81.2 Å². The molecule has 4 nitrogen and oxygen atoms in total. The van der Waals surface area contributed by atoms with Crippen LogP contribution in [0, 0.1) is 6.92 Å². The third kappa shape index (κ3) is 1.42. The molecule has 70 valence electrons. The highest BCUT2D eigenvalue weighted by atomic mass is 16.1. The Bertz CT molecular complexity index is 448. The molecule has 0 radical (unpaired) electrons. The van der Waals surface area contributed by atoms with E-state index in [1.165, 1.54) is 0 Å². The molecule has 0 atom stereocenters. The van der Waals surface area contributed by atoms with Gasteiger partial charge in [0.05, 0.1) is 0 Å². The second-order valence-corrected chi connectivity index (χ2v) is 2.95. The lowest BCUT2D eigenvalue weighted by Gasteiger charge is -1.96. The Hall–Kier alpha value is -1.97. The van der Waals surface area contributed by atoms with Crippen LogP contribution >= 0.6 is 0 Å². The van der Waals surface area contributed by atoms with Crippen LogP contribution in [0.2, 0.25) is 0 Å². The van der Waals surface area contributed by atoms with Crippen LogP contribution < -0.4 is 0 Å². The Balaban J connectivity index is 2.48. The summed E-state index contributed by atoms with van der Waals surface area (Å²) in [6.07, 6.45) is 4.22. The first-order valence-electron chi connectivity index (χ1n) is 4.24. The second kappa shape index (κ2) is 3.41. The zero-order valence-electron chi connectivity index (χ0n) is 7.71. The molecule has 4 heteroatoms. The van der Waals surface area contributed by atoms with Crippen molar-refractivity contribution < 1.29 is 4.79 Å². The van der Waals surface area contributed by atoms with E-state index in [0.717, 1.165) is 11.8 Å². The van der Waals surface area contributed by atoms with Crippen LogP contribution in [0.15, 0.2) is 30.6 Å². The number of hydrogen-bond donors (Lipinski definition) is 0. The van der Waals surface area contributed by atoms with E-state index in [1.54, 1.807) is 17.1 Å². The van der Waals surface area contributed by atoms with Crippen LogP contribution in [0.4, 0.5) is 0 Å². The van der Waals surface area contributed by atoms with E-state index in [4.69, 9.17) is 0 Å². The van der Waals surface area contributed by atoms with Crippen LogP contribution in [-0.2, 0) is 0 Å². The highest BCUT2D eigenvalue weighted by Crippen LogP contribution is 2.07. The molecule has 0 unspecified atom stereocenters. The zero-order chi connectivity index (χ0) is 9.97. The molecule has 0 aliphatic heterocycles. The number of hydrogen-bond acceptors (Lipinski definition) is 3. The summed E-state index contributed by atoms with van der Waals surface area (Å²) >= 11 is 0. The highest BCUT2D eigenvalue weighted by Gasteiger charge is 2.04. The molecule has 0 aromatic carbocycles. The van der Waals surface area contributed by atoms with Gasteiger partial charge in [0.1, 0.15) is 5.69 Å². The number of aryl methyl sites for hydroxylation is 1. The standard InChI is InChI=1S/C10H9N3O/c1-8-6-13(12-9(8)7-14)10-4-2-3-5-11-10/h2-7H,1H3. The largest absolute Gasteiger partial charge is 0.296 e. The third-order valence-corrected chi connectivity index (χ3v) is 1.93. The van der Waals surface area contributed by atoms with Gasteiger partial charge in [0.15, 0.2) is 12.1 Å². The third-order valence-electron chi connectivity index (χ3n) is 1.93. The van der Waals surface area contributed by atoms with Crippen molar-refractivity contribution in [3.8, 4) is 5.82 Å². The molecule has 0 aliphatic rings. The lowest BCUT2D eigenvalue weighted by Crippen LogP contribution is -1.97. The number of rotatable bonds is 2. The van der Waals surface area contributed by atoms with E-state index in [2.05, 4.69) is 10.1 Å². The fraction of sp³-hybridized carbons (Fsp3) is 0.100. The molecule has 2 rings (SSSR count). The second-order valence-electron chi connectivity index (χ2n) is 2.95. The van der Waals surface area contributed by atoms with Gasteiger partial charge in [0.25, 0.3) is 0 Å². The minimum atomic E-state index is 0.454. The Morgan fingerprint density at radius 2 is 2.29 bits per heavy atom. The Kier molecular flexibility index (Phi) is 2.10. The molecule has 2 aromatic rings. The topological polar surface area (TPSA) is 47.8 Å². The summed E-state index contributed by atoms with van der Waals surface area (Å²) in [5, 5.41) is 4.08. The maximum Gasteiger partial charge on any atom is 0.170 e. The SMILES string of the molecule is Cc1cn(-c2ccccn2)nc1C=O. The number of carbonyl (C=O) groups is 1.